The zero-order valence-electron chi connectivity index (χ0n) is 24.4. The van der Waals surface area contributed by atoms with Crippen LogP contribution in [0.3, 0.4) is 0 Å². The van der Waals surface area contributed by atoms with E-state index in [1.165, 1.54) is 0 Å². The highest BCUT2D eigenvalue weighted by atomic mass is 35.5. The summed E-state index contributed by atoms with van der Waals surface area (Å²) in [5, 5.41) is 7.13. The number of hydrogen-bond donors (Lipinski definition) is 0. The van der Waals surface area contributed by atoms with E-state index >= 15 is 0 Å². The molecule has 2 aliphatic heterocycles. The molecule has 0 bridgehead atoms. The van der Waals surface area contributed by atoms with Gasteiger partial charge in [0.25, 0.3) is 5.91 Å². The number of ether oxygens (including phenoxy) is 2. The lowest BCUT2D eigenvalue weighted by atomic mass is 9.97. The molecule has 2 amide bonds. The molecule has 9 heteroatoms. The van der Waals surface area contributed by atoms with Crippen LogP contribution in [0.2, 0.25) is 5.15 Å². The van der Waals surface area contributed by atoms with E-state index < -0.39 is 5.60 Å². The fourth-order valence-corrected chi connectivity index (χ4v) is 6.20. The highest BCUT2D eigenvalue weighted by molar-refractivity contribution is 6.29. The molecule has 0 unspecified atom stereocenters. The van der Waals surface area contributed by atoms with Gasteiger partial charge >= 0.3 is 6.09 Å². The number of amides is 2. The summed E-state index contributed by atoms with van der Waals surface area (Å²) < 4.78 is 12.9. The summed E-state index contributed by atoms with van der Waals surface area (Å²) in [5.74, 6) is 0.794. The van der Waals surface area contributed by atoms with Crippen LogP contribution in [0.1, 0.15) is 66.8 Å². The largest absolute Gasteiger partial charge is 0.497 e. The SMILES string of the molecule is COc1ccc(CN2C(=O)c3cccc4c(Cc5cc(Cl)nn5C5CCN(C(=O)OC(C)(C)C)CC5)ccc2c34)cc1. The van der Waals surface area contributed by atoms with Gasteiger partial charge in [-0.3, -0.25) is 9.48 Å². The highest BCUT2D eigenvalue weighted by Gasteiger charge is 2.32. The van der Waals surface area contributed by atoms with Crippen LogP contribution in [0.5, 0.6) is 5.75 Å². The van der Waals surface area contributed by atoms with Crippen LogP contribution in [0, 0.1) is 0 Å². The van der Waals surface area contributed by atoms with Crippen molar-refractivity contribution in [3.05, 3.63) is 88.2 Å². The van der Waals surface area contributed by atoms with Gasteiger partial charge in [-0.05, 0) is 80.5 Å². The molecule has 0 aliphatic carbocycles. The Morgan fingerprint density at radius 1 is 1.05 bits per heavy atom. The molecule has 218 valence electrons. The smallest absolute Gasteiger partial charge is 0.410 e. The molecule has 3 aromatic carbocycles. The molecule has 8 nitrogen and oxygen atoms in total. The third-order valence-electron chi connectivity index (χ3n) is 7.99. The van der Waals surface area contributed by atoms with Crippen LogP contribution in [-0.4, -0.2) is 52.5 Å². The van der Waals surface area contributed by atoms with E-state index in [0.717, 1.165) is 57.4 Å². The fourth-order valence-electron chi connectivity index (χ4n) is 5.99. The Morgan fingerprint density at radius 3 is 2.48 bits per heavy atom. The van der Waals surface area contributed by atoms with Crippen molar-refractivity contribution >= 4 is 40.1 Å². The van der Waals surface area contributed by atoms with Gasteiger partial charge < -0.3 is 19.3 Å². The minimum Gasteiger partial charge on any atom is -0.497 e. The molecule has 4 aromatic rings. The average molecular weight is 587 g/mol. The van der Waals surface area contributed by atoms with Crippen molar-refractivity contribution in [2.24, 2.45) is 0 Å². The summed E-state index contributed by atoms with van der Waals surface area (Å²) >= 11 is 6.44. The third kappa shape index (κ3) is 5.43. The monoisotopic (exact) mass is 586 g/mol. The lowest BCUT2D eigenvalue weighted by Gasteiger charge is -2.34. The molecule has 1 saturated heterocycles. The summed E-state index contributed by atoms with van der Waals surface area (Å²) in [6.07, 6.45) is 1.88. The molecular formula is C33H35ClN4O4. The van der Waals surface area contributed by atoms with Gasteiger partial charge in [0.05, 0.1) is 25.4 Å². The Hall–Kier alpha value is -4.04. The summed E-state index contributed by atoms with van der Waals surface area (Å²) in [5.41, 5.74) is 4.28. The van der Waals surface area contributed by atoms with Crippen LogP contribution in [0.4, 0.5) is 10.5 Å². The maximum Gasteiger partial charge on any atom is 0.410 e. The molecule has 3 heterocycles. The van der Waals surface area contributed by atoms with Crippen LogP contribution in [0.25, 0.3) is 10.8 Å². The summed E-state index contributed by atoms with van der Waals surface area (Å²) in [6, 6.07) is 20.0. The normalized spacial score (nSPS) is 15.5. The minimum atomic E-state index is -0.520. The van der Waals surface area contributed by atoms with Gasteiger partial charge in [-0.25, -0.2) is 4.79 Å². The van der Waals surface area contributed by atoms with Crippen molar-refractivity contribution in [3.8, 4) is 5.75 Å². The van der Waals surface area contributed by atoms with Gasteiger partial charge in [-0.2, -0.15) is 5.10 Å². The van der Waals surface area contributed by atoms with Crippen molar-refractivity contribution < 1.29 is 19.1 Å². The molecule has 0 atom stereocenters. The Bertz CT molecular complexity index is 1650. The summed E-state index contributed by atoms with van der Waals surface area (Å²) in [7, 11) is 1.64. The molecule has 42 heavy (non-hydrogen) atoms. The van der Waals surface area contributed by atoms with E-state index in [1.807, 2.05) is 72.8 Å². The zero-order valence-corrected chi connectivity index (χ0v) is 25.1. The van der Waals surface area contributed by atoms with Gasteiger partial charge in [0, 0.05) is 36.2 Å². The molecule has 6 rings (SSSR count). The van der Waals surface area contributed by atoms with Crippen molar-refractivity contribution in [1.82, 2.24) is 14.7 Å². The number of likely N-dealkylation sites (tertiary alicyclic amines) is 1. The lowest BCUT2D eigenvalue weighted by Crippen LogP contribution is -2.42. The van der Waals surface area contributed by atoms with E-state index in [-0.39, 0.29) is 18.0 Å². The molecule has 2 aliphatic rings. The number of nitrogens with zero attached hydrogens (tertiary/aromatic N) is 4. The second-order valence-electron chi connectivity index (χ2n) is 12.0. The van der Waals surface area contributed by atoms with Crippen molar-refractivity contribution in [1.29, 1.82) is 0 Å². The second kappa shape index (κ2) is 11.0. The number of piperidine rings is 1. The van der Waals surface area contributed by atoms with E-state index in [1.54, 1.807) is 12.0 Å². The Kier molecular flexibility index (Phi) is 7.35. The number of methoxy groups -OCH3 is 1. The van der Waals surface area contributed by atoms with Gasteiger partial charge in [0.2, 0.25) is 0 Å². The average Bonchev–Trinajstić information content (AvgIpc) is 3.47. The third-order valence-corrected chi connectivity index (χ3v) is 8.18. The quantitative estimate of drug-likeness (QED) is 0.243. The van der Waals surface area contributed by atoms with Crippen molar-refractivity contribution in [3.63, 3.8) is 0 Å². The van der Waals surface area contributed by atoms with E-state index in [4.69, 9.17) is 21.1 Å². The lowest BCUT2D eigenvalue weighted by molar-refractivity contribution is 0.0184. The number of carbonyl (C=O) groups excluding carboxylic acids is 2. The van der Waals surface area contributed by atoms with Crippen LogP contribution in [0.15, 0.2) is 60.7 Å². The fraction of sp³-hybridized carbons (Fsp3) is 0.364. The van der Waals surface area contributed by atoms with Crippen LogP contribution >= 0.6 is 11.6 Å². The van der Waals surface area contributed by atoms with Crippen LogP contribution < -0.4 is 9.64 Å². The van der Waals surface area contributed by atoms with E-state index in [9.17, 15) is 9.59 Å². The van der Waals surface area contributed by atoms with E-state index in [2.05, 4.69) is 23.3 Å². The molecule has 0 spiro atoms. The number of benzene rings is 3. The predicted molar refractivity (Wildman–Crippen MR) is 164 cm³/mol. The first-order valence-corrected chi connectivity index (χ1v) is 14.7. The Balaban J connectivity index is 1.24. The van der Waals surface area contributed by atoms with Crippen molar-refractivity contribution in [2.45, 2.75) is 58.2 Å². The number of aromatic nitrogens is 2. The Morgan fingerprint density at radius 2 is 1.79 bits per heavy atom. The van der Waals surface area contributed by atoms with Gasteiger partial charge in [0.1, 0.15) is 11.4 Å². The molecular weight excluding hydrogens is 552 g/mol. The minimum absolute atomic E-state index is 0.00778. The van der Waals surface area contributed by atoms with Gasteiger partial charge in [0.15, 0.2) is 5.15 Å². The predicted octanol–water partition coefficient (Wildman–Crippen LogP) is 7.02. The second-order valence-corrected chi connectivity index (χ2v) is 12.4. The molecule has 0 saturated carbocycles. The van der Waals surface area contributed by atoms with Gasteiger partial charge in [-0.15, -0.1) is 0 Å². The first kappa shape index (κ1) is 28.1. The molecule has 1 fully saturated rings. The van der Waals surface area contributed by atoms with Crippen molar-refractivity contribution in [2.75, 3.05) is 25.1 Å². The summed E-state index contributed by atoms with van der Waals surface area (Å²) in [6.45, 7) is 7.32. The number of hydrogen-bond acceptors (Lipinski definition) is 5. The standard InChI is InChI=1S/C33H35ClN4O4/c1-33(2,3)42-32(40)36-16-14-23(15-17-36)38-24(19-29(34)35-38)18-22-10-13-28-30-26(22)6-5-7-27(30)31(39)37(28)20-21-8-11-25(41-4)12-9-21/h5-13,19,23H,14-18,20H2,1-4H3. The number of rotatable bonds is 6. The van der Waals surface area contributed by atoms with Gasteiger partial charge in [-0.1, -0.05) is 41.9 Å². The number of anilines is 1. The first-order valence-electron chi connectivity index (χ1n) is 14.3. The zero-order chi connectivity index (χ0) is 29.6. The first-order chi connectivity index (χ1) is 20.1. The number of halogens is 1. The van der Waals surface area contributed by atoms with E-state index in [0.29, 0.717) is 31.2 Å². The maximum absolute atomic E-state index is 13.5. The Labute approximate surface area is 250 Å². The van der Waals surface area contributed by atoms with Crippen LogP contribution in [-0.2, 0) is 17.7 Å². The number of carbonyl (C=O) groups is 2. The molecule has 0 radical (unpaired) electrons. The molecule has 1 aromatic heterocycles. The highest BCUT2D eigenvalue weighted by Crippen LogP contribution is 2.40. The summed E-state index contributed by atoms with van der Waals surface area (Å²) in [4.78, 5) is 29.7. The molecule has 0 N–H and O–H groups in total. The maximum atomic E-state index is 13.5. The topological polar surface area (TPSA) is 76.9 Å².